The fourth-order valence-electron chi connectivity index (χ4n) is 1.26. The van der Waals surface area contributed by atoms with E-state index in [2.05, 4.69) is 0 Å². The zero-order valence-corrected chi connectivity index (χ0v) is 10.7. The third kappa shape index (κ3) is 2.38. The molecule has 78 valence electrons. The normalized spacial score (nSPS) is 46.4. The van der Waals surface area contributed by atoms with Crippen molar-refractivity contribution in [1.82, 2.24) is 0 Å². The molecule has 0 aromatic rings. The van der Waals surface area contributed by atoms with Gasteiger partial charge in [0.15, 0.2) is 0 Å². The van der Waals surface area contributed by atoms with Gasteiger partial charge in [-0.3, -0.25) is 0 Å². The Morgan fingerprint density at radius 3 is 2.31 bits per heavy atom. The number of rotatable bonds is 2. The molecule has 1 aliphatic heterocycles. The first-order valence-corrected chi connectivity index (χ1v) is 6.41. The van der Waals surface area contributed by atoms with Crippen LogP contribution in [0, 0.1) is 0 Å². The van der Waals surface area contributed by atoms with Crippen LogP contribution in [0.4, 0.5) is 0 Å². The standard InChI is InChI=1S/C7H13O5.Po.H/c1-3-4(8)5(9)6(10)7(11-2)12-3;;/h3-10H,1H2,2H3;;/t3-,4-,5+,6-,7-;;/m1../s1. The third-order valence-corrected chi connectivity index (χ3v) is 3.48. The van der Waals surface area contributed by atoms with Crippen LogP contribution in [0.15, 0.2) is 0 Å². The maximum atomic E-state index is 9.45. The summed E-state index contributed by atoms with van der Waals surface area (Å²) in [5, 5.41) is 28.2. The molecule has 0 aliphatic carbocycles. The summed E-state index contributed by atoms with van der Waals surface area (Å²) in [6.07, 6.45) is -4.66. The van der Waals surface area contributed by atoms with E-state index in [-0.39, 0.29) is 0 Å². The minimum atomic E-state index is -1.19. The number of hydrogen-bond donors (Lipinski definition) is 3. The topological polar surface area (TPSA) is 79.2 Å². The summed E-state index contributed by atoms with van der Waals surface area (Å²) < 4.78 is 10.7. The first-order valence-electron chi connectivity index (χ1n) is 3.95. The van der Waals surface area contributed by atoms with E-state index < -0.39 is 30.7 Å². The Hall–Kier alpha value is 0.696. The summed E-state index contributed by atoms with van der Waals surface area (Å²) in [6, 6.07) is 0. The molecule has 1 saturated heterocycles. The van der Waals surface area contributed by atoms with Crippen LogP contribution in [0.5, 0.6) is 0 Å². The monoisotopic (exact) mass is 387 g/mol. The summed E-state index contributed by atoms with van der Waals surface area (Å²) in [6.45, 7) is 0. The quantitative estimate of drug-likeness (QED) is 0.500. The van der Waals surface area contributed by atoms with E-state index in [0.29, 0.717) is 4.08 Å². The van der Waals surface area contributed by atoms with Crippen LogP contribution in [0.25, 0.3) is 0 Å². The second kappa shape index (κ2) is 4.97. The van der Waals surface area contributed by atoms with Gasteiger partial charge >= 0.3 is 91.8 Å². The molecule has 3 N–H and O–H groups in total. The van der Waals surface area contributed by atoms with E-state index in [1.54, 1.807) is 0 Å². The van der Waals surface area contributed by atoms with Gasteiger partial charge in [0.05, 0.1) is 0 Å². The molecule has 13 heavy (non-hydrogen) atoms. The fourth-order valence-corrected chi connectivity index (χ4v) is 2.44. The SMILES string of the molecule is CO[C@@H]1O[C@H]([CH2][PoH])[C@@H](O)[C@H](O)[C@H]1O. The molecular weight excluding hydrogens is 373 g/mol. The van der Waals surface area contributed by atoms with Crippen molar-refractivity contribution >= 4 is 25.1 Å². The van der Waals surface area contributed by atoms with Gasteiger partial charge in [-0.2, -0.15) is 0 Å². The first kappa shape index (κ1) is 11.8. The van der Waals surface area contributed by atoms with Crippen LogP contribution in [0.2, 0.25) is 4.08 Å². The van der Waals surface area contributed by atoms with E-state index in [4.69, 9.17) is 9.47 Å². The zero-order chi connectivity index (χ0) is 10.0. The summed E-state index contributed by atoms with van der Waals surface area (Å²) >= 11 is 1.06. The van der Waals surface area contributed by atoms with Crippen molar-refractivity contribution in [2.45, 2.75) is 34.8 Å². The zero-order valence-electron chi connectivity index (χ0n) is 7.20. The average Bonchev–Trinajstić information content (AvgIpc) is 2.15. The molecule has 6 heteroatoms. The molecule has 0 saturated carbocycles. The van der Waals surface area contributed by atoms with Crippen molar-refractivity contribution < 1.29 is 24.8 Å². The summed E-state index contributed by atoms with van der Waals surface area (Å²) in [7, 11) is 1.39. The number of ether oxygens (including phenoxy) is 2. The van der Waals surface area contributed by atoms with Crippen LogP contribution >= 0.6 is 0 Å². The van der Waals surface area contributed by atoms with Gasteiger partial charge in [0, 0.05) is 0 Å². The Morgan fingerprint density at radius 1 is 1.23 bits per heavy atom. The molecule has 1 fully saturated rings. The molecule has 5 nitrogen and oxygen atoms in total. The van der Waals surface area contributed by atoms with Crippen molar-refractivity contribution in [2.24, 2.45) is 0 Å². The predicted molar refractivity (Wildman–Crippen MR) is 45.6 cm³/mol. The Kier molecular flexibility index (Phi) is 4.50. The summed E-state index contributed by atoms with van der Waals surface area (Å²) in [5.41, 5.74) is 0. The molecule has 1 aliphatic rings. The molecule has 0 amide bonds. The van der Waals surface area contributed by atoms with Gasteiger partial charge in [0.2, 0.25) is 0 Å². The Morgan fingerprint density at radius 2 is 1.85 bits per heavy atom. The number of aliphatic hydroxyl groups excluding tert-OH is 3. The molecular formula is C7H14O5Po. The predicted octanol–water partition coefficient (Wildman–Crippen LogP) is -2.24. The van der Waals surface area contributed by atoms with Crippen molar-refractivity contribution in [1.29, 1.82) is 0 Å². The van der Waals surface area contributed by atoms with Gasteiger partial charge in [0.1, 0.15) is 0 Å². The third-order valence-electron chi connectivity index (χ3n) is 2.08. The number of methoxy groups -OCH3 is 1. The second-order valence-electron chi connectivity index (χ2n) is 2.93. The number of aliphatic hydroxyl groups is 3. The minimum absolute atomic E-state index is 0.434. The van der Waals surface area contributed by atoms with Crippen LogP contribution < -0.4 is 0 Å². The molecule has 0 aromatic carbocycles. The van der Waals surface area contributed by atoms with Crippen molar-refractivity contribution in [3.05, 3.63) is 0 Å². The van der Waals surface area contributed by atoms with Crippen LogP contribution in [0.3, 0.4) is 0 Å². The van der Waals surface area contributed by atoms with E-state index in [9.17, 15) is 15.3 Å². The van der Waals surface area contributed by atoms with E-state index >= 15 is 0 Å². The first-order chi connectivity index (χ1) is 6.11. The molecule has 0 spiro atoms. The fraction of sp³-hybridized carbons (Fsp3) is 1.00. The molecule has 0 bridgehead atoms. The van der Waals surface area contributed by atoms with Gasteiger partial charge in [-0.05, 0) is 0 Å². The van der Waals surface area contributed by atoms with Gasteiger partial charge in [0.25, 0.3) is 0 Å². The van der Waals surface area contributed by atoms with E-state index in [0.717, 1.165) is 25.1 Å². The molecule has 0 radical (unpaired) electrons. The second-order valence-corrected chi connectivity index (χ2v) is 4.35. The van der Waals surface area contributed by atoms with Crippen molar-refractivity contribution in [3.8, 4) is 0 Å². The van der Waals surface area contributed by atoms with Gasteiger partial charge < -0.3 is 0 Å². The molecule has 5 atom stereocenters. The molecule has 1 heterocycles. The van der Waals surface area contributed by atoms with Crippen LogP contribution in [-0.2, 0) is 9.47 Å². The average molecular weight is 387 g/mol. The maximum absolute atomic E-state index is 9.45. The molecule has 0 aromatic heterocycles. The van der Waals surface area contributed by atoms with E-state index in [1.807, 2.05) is 0 Å². The van der Waals surface area contributed by atoms with E-state index in [1.165, 1.54) is 7.11 Å². The van der Waals surface area contributed by atoms with Gasteiger partial charge in [-0.25, -0.2) is 0 Å². The Bertz CT molecular complexity index is 147. The van der Waals surface area contributed by atoms with Crippen LogP contribution in [-0.4, -0.2) is 78.2 Å². The van der Waals surface area contributed by atoms with Gasteiger partial charge in [-0.1, -0.05) is 0 Å². The van der Waals surface area contributed by atoms with Crippen LogP contribution in [0.1, 0.15) is 0 Å². The Balaban J connectivity index is 2.66. The molecule has 0 unspecified atom stereocenters. The summed E-state index contributed by atoms with van der Waals surface area (Å²) in [4.78, 5) is 0. The molecule has 1 rings (SSSR count). The van der Waals surface area contributed by atoms with Crippen molar-refractivity contribution in [3.63, 3.8) is 0 Å². The van der Waals surface area contributed by atoms with Crippen molar-refractivity contribution in [2.75, 3.05) is 7.11 Å². The van der Waals surface area contributed by atoms with Gasteiger partial charge in [-0.15, -0.1) is 0 Å². The summed E-state index contributed by atoms with van der Waals surface area (Å²) in [5.74, 6) is 0. The number of hydrogen-bond acceptors (Lipinski definition) is 5. The Labute approximate surface area is 91.8 Å².